The summed E-state index contributed by atoms with van der Waals surface area (Å²) in [6, 6.07) is 7.33. The van der Waals surface area contributed by atoms with Crippen LogP contribution in [0.25, 0.3) is 6.08 Å². The highest BCUT2D eigenvalue weighted by atomic mass is 19.3. The van der Waals surface area contributed by atoms with Crippen LogP contribution in [0.4, 0.5) is 14.5 Å². The van der Waals surface area contributed by atoms with Crippen molar-refractivity contribution < 1.29 is 23.6 Å². The number of benzene rings is 1. The molecular weight excluding hydrogens is 372 g/mol. The van der Waals surface area contributed by atoms with Crippen LogP contribution >= 0.6 is 0 Å². The lowest BCUT2D eigenvalue weighted by atomic mass is 10.1. The van der Waals surface area contributed by atoms with Gasteiger partial charge in [0.05, 0.1) is 0 Å². The summed E-state index contributed by atoms with van der Waals surface area (Å²) in [5.41, 5.74) is 2.80. The van der Waals surface area contributed by atoms with E-state index in [4.69, 9.17) is 10.6 Å². The van der Waals surface area contributed by atoms with Gasteiger partial charge in [0.2, 0.25) is 0 Å². The molecule has 1 aromatic carbocycles. The highest BCUT2D eigenvalue weighted by molar-refractivity contribution is 5.96. The number of alkyl halides is 2. The number of hydrogen-bond donors (Lipinski definition) is 4. The number of halogens is 2. The SMILES string of the molecule is N=C/C=C(\NC(F)F)C(=O)N1CCN(c2ccccc2/C=C/C(=O)NO)CC1. The van der Waals surface area contributed by atoms with Crippen molar-refractivity contribution in [3.8, 4) is 0 Å². The number of nitrogens with zero attached hydrogens (tertiary/aromatic N) is 2. The lowest BCUT2D eigenvalue weighted by Gasteiger charge is -2.37. The maximum Gasteiger partial charge on any atom is 0.313 e. The van der Waals surface area contributed by atoms with E-state index in [2.05, 4.69) is 0 Å². The fraction of sp³-hybridized carbons (Fsp3) is 0.278. The minimum Gasteiger partial charge on any atom is -0.367 e. The molecule has 0 aromatic heterocycles. The van der Waals surface area contributed by atoms with Gasteiger partial charge in [-0.15, -0.1) is 0 Å². The third kappa shape index (κ3) is 5.61. The number of carbonyl (C=O) groups excluding carboxylic acids is 2. The highest BCUT2D eigenvalue weighted by Crippen LogP contribution is 2.23. The van der Waals surface area contributed by atoms with Gasteiger partial charge in [-0.2, -0.15) is 8.78 Å². The summed E-state index contributed by atoms with van der Waals surface area (Å²) in [5, 5.41) is 17.4. The first-order valence-electron chi connectivity index (χ1n) is 8.47. The zero-order valence-corrected chi connectivity index (χ0v) is 14.9. The molecule has 0 spiro atoms. The van der Waals surface area contributed by atoms with Crippen LogP contribution in [0.15, 0.2) is 42.1 Å². The monoisotopic (exact) mass is 393 g/mol. The van der Waals surface area contributed by atoms with Crippen LogP contribution < -0.4 is 15.7 Å². The number of para-hydroxylation sites is 1. The molecule has 0 radical (unpaired) electrons. The van der Waals surface area contributed by atoms with Crippen molar-refractivity contribution in [1.82, 2.24) is 15.7 Å². The van der Waals surface area contributed by atoms with E-state index >= 15 is 0 Å². The van der Waals surface area contributed by atoms with Crippen LogP contribution in [0.1, 0.15) is 5.56 Å². The van der Waals surface area contributed by atoms with Crippen molar-refractivity contribution in [2.24, 2.45) is 0 Å². The van der Waals surface area contributed by atoms with Gasteiger partial charge in [-0.05, 0) is 23.8 Å². The Bertz CT molecular complexity index is 774. The molecule has 28 heavy (non-hydrogen) atoms. The number of nitrogens with one attached hydrogen (secondary N) is 3. The summed E-state index contributed by atoms with van der Waals surface area (Å²) in [7, 11) is 0. The number of anilines is 1. The summed E-state index contributed by atoms with van der Waals surface area (Å²) in [5.74, 6) is -1.24. The van der Waals surface area contributed by atoms with E-state index in [1.54, 1.807) is 11.4 Å². The second-order valence-electron chi connectivity index (χ2n) is 5.84. The lowest BCUT2D eigenvalue weighted by Crippen LogP contribution is -2.50. The van der Waals surface area contributed by atoms with Crippen LogP contribution in [0.5, 0.6) is 0 Å². The second kappa shape index (κ2) is 10.2. The van der Waals surface area contributed by atoms with Gasteiger partial charge in [0.15, 0.2) is 0 Å². The van der Waals surface area contributed by atoms with Gasteiger partial charge in [0.1, 0.15) is 5.70 Å². The van der Waals surface area contributed by atoms with Crippen LogP contribution in [-0.2, 0) is 9.59 Å². The van der Waals surface area contributed by atoms with Crippen LogP contribution in [-0.4, -0.2) is 60.9 Å². The number of amides is 2. The van der Waals surface area contributed by atoms with Crippen molar-refractivity contribution in [1.29, 1.82) is 5.41 Å². The molecule has 10 heteroatoms. The third-order valence-electron chi connectivity index (χ3n) is 4.11. The fourth-order valence-electron chi connectivity index (χ4n) is 2.82. The minimum atomic E-state index is -2.90. The van der Waals surface area contributed by atoms with E-state index in [9.17, 15) is 18.4 Å². The molecule has 0 saturated carbocycles. The molecule has 2 rings (SSSR count). The molecule has 1 aliphatic rings. The molecule has 1 fully saturated rings. The van der Waals surface area contributed by atoms with Crippen molar-refractivity contribution in [2.75, 3.05) is 31.1 Å². The summed E-state index contributed by atoms with van der Waals surface area (Å²) >= 11 is 0. The van der Waals surface area contributed by atoms with Gasteiger partial charge in [0.25, 0.3) is 11.8 Å². The number of allylic oxidation sites excluding steroid dienone is 1. The van der Waals surface area contributed by atoms with Gasteiger partial charge in [-0.3, -0.25) is 14.8 Å². The molecule has 1 aliphatic heterocycles. The maximum absolute atomic E-state index is 12.6. The predicted molar refractivity (Wildman–Crippen MR) is 100 cm³/mol. The minimum absolute atomic E-state index is 0.314. The Kier molecular flexibility index (Phi) is 7.64. The fourth-order valence-corrected chi connectivity index (χ4v) is 2.82. The number of hydrogen-bond acceptors (Lipinski definition) is 6. The van der Waals surface area contributed by atoms with Gasteiger partial charge in [-0.25, -0.2) is 5.48 Å². The summed E-state index contributed by atoms with van der Waals surface area (Å²) < 4.78 is 25.1. The van der Waals surface area contributed by atoms with Crippen molar-refractivity contribution >= 4 is 29.8 Å². The zero-order valence-electron chi connectivity index (χ0n) is 14.9. The smallest absolute Gasteiger partial charge is 0.313 e. The standard InChI is InChI=1S/C18H21F2N5O3/c19-18(20)22-14(7-8-21)17(27)25-11-9-24(10-12-25)15-4-2-1-3-13(15)5-6-16(26)23-28/h1-8,18,21-22,28H,9-12H2,(H,23,26)/b6-5+,14-7-,21-8?. The molecule has 1 heterocycles. The number of piperazine rings is 1. The molecule has 1 saturated heterocycles. The Hall–Kier alpha value is -3.27. The van der Waals surface area contributed by atoms with Gasteiger partial charge < -0.3 is 20.5 Å². The van der Waals surface area contributed by atoms with E-state index in [0.29, 0.717) is 26.2 Å². The predicted octanol–water partition coefficient (Wildman–Crippen LogP) is 1.20. The Morgan fingerprint density at radius 1 is 1.18 bits per heavy atom. The van der Waals surface area contributed by atoms with Crippen LogP contribution in [0.2, 0.25) is 0 Å². The zero-order chi connectivity index (χ0) is 20.5. The molecule has 150 valence electrons. The van der Waals surface area contributed by atoms with Gasteiger partial charge in [0, 0.05) is 44.2 Å². The quantitative estimate of drug-likeness (QED) is 0.183. The summed E-state index contributed by atoms with van der Waals surface area (Å²) in [6.45, 7) is -1.33. The largest absolute Gasteiger partial charge is 0.367 e. The Labute approximate surface area is 160 Å². The normalized spacial score (nSPS) is 15.1. The molecule has 0 atom stereocenters. The van der Waals surface area contributed by atoms with Gasteiger partial charge in [-0.1, -0.05) is 18.2 Å². The summed E-state index contributed by atoms with van der Waals surface area (Å²) in [6.07, 6.45) is 4.55. The van der Waals surface area contributed by atoms with Crippen LogP contribution in [0, 0.1) is 5.41 Å². The molecule has 1 aromatic rings. The summed E-state index contributed by atoms with van der Waals surface area (Å²) in [4.78, 5) is 27.1. The second-order valence-corrected chi connectivity index (χ2v) is 5.84. The number of carbonyl (C=O) groups is 2. The van der Waals surface area contributed by atoms with Gasteiger partial charge >= 0.3 is 6.55 Å². The molecule has 0 bridgehead atoms. The molecule has 0 aliphatic carbocycles. The Morgan fingerprint density at radius 3 is 2.46 bits per heavy atom. The Morgan fingerprint density at radius 2 is 1.86 bits per heavy atom. The molecule has 2 amide bonds. The average Bonchev–Trinajstić information content (AvgIpc) is 2.71. The van der Waals surface area contributed by atoms with Crippen molar-refractivity contribution in [2.45, 2.75) is 6.55 Å². The molecule has 4 N–H and O–H groups in total. The topological polar surface area (TPSA) is 109 Å². The van der Waals surface area contributed by atoms with Crippen LogP contribution in [0.3, 0.4) is 0 Å². The number of rotatable bonds is 7. The first kappa shape index (κ1) is 21.0. The molecular formula is C18H21F2N5O3. The van der Waals surface area contributed by atoms with E-state index in [-0.39, 0.29) is 5.70 Å². The maximum atomic E-state index is 12.6. The third-order valence-corrected chi connectivity index (χ3v) is 4.11. The lowest BCUT2D eigenvalue weighted by molar-refractivity contribution is -0.128. The van der Waals surface area contributed by atoms with Crippen molar-refractivity contribution in [3.63, 3.8) is 0 Å². The van der Waals surface area contributed by atoms with Crippen molar-refractivity contribution in [3.05, 3.63) is 47.7 Å². The molecule has 8 nitrogen and oxygen atoms in total. The van der Waals surface area contributed by atoms with E-state index < -0.39 is 18.4 Å². The first-order chi connectivity index (χ1) is 13.5. The number of hydroxylamine groups is 1. The van der Waals surface area contributed by atoms with E-state index in [0.717, 1.165) is 23.5 Å². The average molecular weight is 393 g/mol. The Balaban J connectivity index is 2.07. The highest BCUT2D eigenvalue weighted by Gasteiger charge is 2.25. The van der Waals surface area contributed by atoms with E-state index in [1.807, 2.05) is 29.2 Å². The molecule has 0 unspecified atom stereocenters. The van der Waals surface area contributed by atoms with E-state index in [1.165, 1.54) is 16.5 Å². The first-order valence-corrected chi connectivity index (χ1v) is 8.47.